The number of carbonyl (C=O) groups excluding carboxylic acids is 3. The molecule has 1 aromatic heterocycles. The number of hydrogen-bond acceptors (Lipinski definition) is 13. The van der Waals surface area contributed by atoms with Gasteiger partial charge in [-0.2, -0.15) is 0 Å². The minimum absolute atomic E-state index is 0. The molecule has 2 aliphatic carbocycles. The Morgan fingerprint density at radius 1 is 1.07 bits per heavy atom. The summed E-state index contributed by atoms with van der Waals surface area (Å²) in [7, 11) is 3.95. The number of tetrazole rings is 1. The van der Waals surface area contributed by atoms with Crippen molar-refractivity contribution in [1.82, 2.24) is 30.0 Å². The predicted octanol–water partition coefficient (Wildman–Crippen LogP) is 3.60. The van der Waals surface area contributed by atoms with E-state index in [9.17, 15) is 14.4 Å². The van der Waals surface area contributed by atoms with Crippen molar-refractivity contribution in [3.05, 3.63) is 11.3 Å². The number of fused-ring (bicyclic) bond motifs is 1. The molecular weight excluding hydrogens is 653 g/mol. The second-order valence-electron chi connectivity index (χ2n) is 11.6. The molecule has 13 nitrogen and oxygen atoms in total. The molecule has 5 rings (SSSR count). The Balaban J connectivity index is 0.00000264. The van der Waals surface area contributed by atoms with Crippen LogP contribution in [-0.4, -0.2) is 104 Å². The molecule has 44 heavy (non-hydrogen) atoms. The second-order valence-corrected chi connectivity index (χ2v) is 13.6. The average molecular weight is 697 g/mol. The van der Waals surface area contributed by atoms with E-state index in [0.29, 0.717) is 23.2 Å². The second kappa shape index (κ2) is 17.2. The van der Waals surface area contributed by atoms with Gasteiger partial charge in [-0.15, -0.1) is 41.7 Å². The van der Waals surface area contributed by atoms with Crippen molar-refractivity contribution in [3.63, 3.8) is 0 Å². The molecule has 3 heterocycles. The molecule has 2 aliphatic heterocycles. The number of β-lactam (4-membered cyclic amide) rings is 1. The molecule has 1 unspecified atom stereocenters. The number of amides is 1. The van der Waals surface area contributed by atoms with Crippen LogP contribution in [0, 0.1) is 5.92 Å². The first-order chi connectivity index (χ1) is 20.3. The topological polar surface area (TPSA) is 155 Å². The quantitative estimate of drug-likeness (QED) is 0.155. The van der Waals surface area contributed by atoms with E-state index >= 15 is 0 Å². The van der Waals surface area contributed by atoms with Crippen LogP contribution in [0.4, 0.5) is 4.79 Å². The zero-order valence-electron chi connectivity index (χ0n) is 25.1. The number of nitrogens with zero attached hydrogens (tertiary/aromatic N) is 6. The van der Waals surface area contributed by atoms with Crippen molar-refractivity contribution in [1.29, 1.82) is 0 Å². The summed E-state index contributed by atoms with van der Waals surface area (Å²) in [4.78, 5) is 43.0. The summed E-state index contributed by atoms with van der Waals surface area (Å²) in [6.07, 6.45) is 7.28. The smallest absolute Gasteiger partial charge is 0.431 e. The van der Waals surface area contributed by atoms with Crippen LogP contribution in [0.5, 0.6) is 0 Å². The highest BCUT2D eigenvalue weighted by Crippen LogP contribution is 2.41. The molecule has 3 atom stereocenters. The summed E-state index contributed by atoms with van der Waals surface area (Å²) in [5, 5.41) is 12.3. The standard InChI is InChI=1S/C27H41N7O6S2.2ClH/c1-32(2)13-14-33-26(29-30-31-33)42-16-18-15-41-23-20(28)22(35)34(23)21(18)24(36)39-25(17-9-5-3-6-10-17)40-27(37)38-19-11-7-4-8-12-19;;/h17,19-20,23,25H,3-16,28H2,1-2H3;2*1H/t20-,23+,25?;;/m1../s1. The van der Waals surface area contributed by atoms with Gasteiger partial charge in [-0.1, -0.05) is 37.4 Å². The van der Waals surface area contributed by atoms with Gasteiger partial charge in [0.25, 0.3) is 6.29 Å². The summed E-state index contributed by atoms with van der Waals surface area (Å²) < 4.78 is 19.0. The van der Waals surface area contributed by atoms with E-state index in [-0.39, 0.29) is 53.8 Å². The van der Waals surface area contributed by atoms with Crippen molar-refractivity contribution in [2.45, 2.75) is 99.7 Å². The maximum atomic E-state index is 13.9. The molecule has 4 aliphatic rings. The number of likely N-dealkylation sites (N-methyl/N-ethyl adjacent to an activating group) is 1. The third kappa shape index (κ3) is 8.93. The summed E-state index contributed by atoms with van der Waals surface area (Å²) in [6.45, 7) is 1.38. The van der Waals surface area contributed by atoms with E-state index in [1.165, 1.54) is 28.4 Å². The fraction of sp³-hybridized carbons (Fsp3) is 0.778. The fourth-order valence-electron chi connectivity index (χ4n) is 5.79. The number of aromatic nitrogens is 4. The third-order valence-corrected chi connectivity index (χ3v) is 10.6. The van der Waals surface area contributed by atoms with Crippen molar-refractivity contribution >= 4 is 66.4 Å². The molecule has 1 amide bonds. The van der Waals surface area contributed by atoms with Crippen LogP contribution in [0.3, 0.4) is 0 Å². The van der Waals surface area contributed by atoms with Crippen molar-refractivity contribution in [2.75, 3.05) is 32.1 Å². The van der Waals surface area contributed by atoms with E-state index in [2.05, 4.69) is 15.5 Å². The zero-order chi connectivity index (χ0) is 29.6. The van der Waals surface area contributed by atoms with Gasteiger partial charge in [0.15, 0.2) is 0 Å². The van der Waals surface area contributed by atoms with Gasteiger partial charge in [0.1, 0.15) is 23.2 Å². The molecule has 0 radical (unpaired) electrons. The van der Waals surface area contributed by atoms with Gasteiger partial charge in [-0.25, -0.2) is 14.3 Å². The molecule has 1 aromatic rings. The molecule has 17 heteroatoms. The number of thioether (sulfide) groups is 2. The van der Waals surface area contributed by atoms with Crippen LogP contribution < -0.4 is 5.73 Å². The van der Waals surface area contributed by atoms with Crippen LogP contribution in [-0.2, 0) is 30.3 Å². The Bertz CT molecular complexity index is 1160. The molecule has 248 valence electrons. The minimum atomic E-state index is -1.09. The average Bonchev–Trinajstić information content (AvgIpc) is 3.46. The largest absolute Gasteiger partial charge is 0.511 e. The van der Waals surface area contributed by atoms with Crippen LogP contribution in [0.1, 0.15) is 64.2 Å². The first-order valence-corrected chi connectivity index (χ1v) is 16.9. The Kier molecular flexibility index (Phi) is 14.4. The molecule has 0 aromatic carbocycles. The van der Waals surface area contributed by atoms with Crippen LogP contribution >= 0.6 is 48.3 Å². The number of ether oxygens (including phenoxy) is 3. The molecule has 1 saturated heterocycles. The Morgan fingerprint density at radius 2 is 1.75 bits per heavy atom. The number of halogens is 2. The van der Waals surface area contributed by atoms with Gasteiger partial charge in [-0.05, 0) is 68.6 Å². The maximum absolute atomic E-state index is 13.9. The molecule has 3 fully saturated rings. The summed E-state index contributed by atoms with van der Waals surface area (Å²) in [6, 6.07) is -0.679. The Hall–Kier alpha value is -1.78. The summed E-state index contributed by atoms with van der Waals surface area (Å²) >= 11 is 2.91. The van der Waals surface area contributed by atoms with Gasteiger partial charge in [-0.3, -0.25) is 9.69 Å². The van der Waals surface area contributed by atoms with E-state index in [0.717, 1.165) is 76.3 Å². The highest BCUT2D eigenvalue weighted by molar-refractivity contribution is 8.01. The number of nitrogens with two attached hydrogens (primary N) is 1. The van der Waals surface area contributed by atoms with E-state index in [1.54, 1.807) is 4.68 Å². The van der Waals surface area contributed by atoms with E-state index < -0.39 is 24.5 Å². The first kappa shape index (κ1) is 36.7. The van der Waals surface area contributed by atoms with E-state index in [1.807, 2.05) is 19.0 Å². The molecule has 0 bridgehead atoms. The fourth-order valence-corrected chi connectivity index (χ4v) is 8.13. The number of hydrogen-bond donors (Lipinski definition) is 1. The van der Waals surface area contributed by atoms with Crippen molar-refractivity contribution in [3.8, 4) is 0 Å². The highest BCUT2D eigenvalue weighted by atomic mass is 35.5. The third-order valence-electron chi connectivity index (χ3n) is 8.20. The summed E-state index contributed by atoms with van der Waals surface area (Å²) in [5.74, 6) is -0.278. The van der Waals surface area contributed by atoms with Crippen LogP contribution in [0.2, 0.25) is 0 Å². The molecule has 0 spiro atoms. The monoisotopic (exact) mass is 695 g/mol. The lowest BCUT2D eigenvalue weighted by Gasteiger charge is -2.48. The number of rotatable bonds is 11. The van der Waals surface area contributed by atoms with Gasteiger partial charge in [0, 0.05) is 24.0 Å². The highest BCUT2D eigenvalue weighted by Gasteiger charge is 2.52. The Morgan fingerprint density at radius 3 is 2.43 bits per heavy atom. The van der Waals surface area contributed by atoms with Crippen molar-refractivity contribution < 1.29 is 28.6 Å². The first-order valence-electron chi connectivity index (χ1n) is 14.9. The lowest BCUT2D eigenvalue weighted by atomic mass is 9.89. The lowest BCUT2D eigenvalue weighted by Crippen LogP contribution is -2.68. The van der Waals surface area contributed by atoms with Gasteiger partial charge >= 0.3 is 12.1 Å². The molecule has 2 N–H and O–H groups in total. The van der Waals surface area contributed by atoms with Gasteiger partial charge in [0.05, 0.1) is 6.54 Å². The SMILES string of the molecule is CN(C)CCn1nnnc1SCC1=C(C(=O)OC(OC(=O)OC2CCCCC2)C2CCCCC2)N2C(=O)[C@@H](N)[C@@H]2SC1.Cl.Cl. The van der Waals surface area contributed by atoms with Crippen LogP contribution in [0.25, 0.3) is 0 Å². The Labute approximate surface area is 278 Å². The number of carbonyl (C=O) groups is 3. The van der Waals surface area contributed by atoms with E-state index in [4.69, 9.17) is 19.9 Å². The molecule has 2 saturated carbocycles. The van der Waals surface area contributed by atoms with Crippen LogP contribution in [0.15, 0.2) is 16.4 Å². The zero-order valence-corrected chi connectivity index (χ0v) is 28.4. The number of esters is 1. The predicted molar refractivity (Wildman–Crippen MR) is 171 cm³/mol. The normalized spacial score (nSPS) is 23.2. The summed E-state index contributed by atoms with van der Waals surface area (Å²) in [5.41, 5.74) is 6.97. The van der Waals surface area contributed by atoms with Crippen molar-refractivity contribution in [2.24, 2.45) is 11.7 Å². The minimum Gasteiger partial charge on any atom is -0.431 e. The molecular formula is C27H43Cl2N7O6S2. The van der Waals surface area contributed by atoms with Gasteiger partial charge in [0.2, 0.25) is 11.1 Å². The van der Waals surface area contributed by atoms with Gasteiger partial charge < -0.3 is 24.8 Å². The maximum Gasteiger partial charge on any atom is 0.511 e. The lowest BCUT2D eigenvalue weighted by molar-refractivity contribution is -0.184.